The summed E-state index contributed by atoms with van der Waals surface area (Å²) in [7, 11) is 0. The maximum Gasteiger partial charge on any atom is 0.270 e. The van der Waals surface area contributed by atoms with Crippen molar-refractivity contribution in [1.82, 2.24) is 15.3 Å². The third-order valence-electron chi connectivity index (χ3n) is 4.35. The third kappa shape index (κ3) is 5.13. The molecule has 0 fully saturated rings. The van der Waals surface area contributed by atoms with Crippen molar-refractivity contribution in [2.75, 3.05) is 11.4 Å². The third-order valence-corrected chi connectivity index (χ3v) is 4.35. The Kier molecular flexibility index (Phi) is 6.32. The first-order valence-corrected chi connectivity index (χ1v) is 9.22. The van der Waals surface area contributed by atoms with E-state index in [9.17, 15) is 9.18 Å². The zero-order valence-electron chi connectivity index (χ0n) is 16.0. The van der Waals surface area contributed by atoms with E-state index in [2.05, 4.69) is 39.2 Å². The second-order valence-electron chi connectivity index (χ2n) is 6.47. The van der Waals surface area contributed by atoms with Crippen LogP contribution in [0.5, 0.6) is 0 Å². The number of aromatic nitrogens is 2. The van der Waals surface area contributed by atoms with Gasteiger partial charge in [-0.2, -0.15) is 0 Å². The van der Waals surface area contributed by atoms with Gasteiger partial charge in [0.2, 0.25) is 0 Å². The number of nitrogens with zero attached hydrogens (tertiary/aromatic N) is 3. The molecule has 0 aliphatic rings. The fourth-order valence-electron chi connectivity index (χ4n) is 2.86. The summed E-state index contributed by atoms with van der Waals surface area (Å²) in [4.78, 5) is 23.4. The highest BCUT2D eigenvalue weighted by atomic mass is 19.1. The first-order valence-electron chi connectivity index (χ1n) is 9.22. The van der Waals surface area contributed by atoms with Gasteiger partial charge in [0, 0.05) is 25.7 Å². The molecule has 5 nitrogen and oxygen atoms in total. The minimum absolute atomic E-state index is 0.285. The van der Waals surface area contributed by atoms with Crippen LogP contribution >= 0.6 is 0 Å². The summed E-state index contributed by atoms with van der Waals surface area (Å²) in [6.45, 7) is 5.58. The number of hydrogen-bond donors (Lipinski definition) is 1. The van der Waals surface area contributed by atoms with Crippen LogP contribution in [0.2, 0.25) is 0 Å². The predicted octanol–water partition coefficient (Wildman–Crippen LogP) is 3.88. The molecule has 0 aliphatic carbocycles. The second-order valence-corrected chi connectivity index (χ2v) is 6.47. The highest BCUT2D eigenvalue weighted by Gasteiger charge is 2.14. The molecule has 3 rings (SSSR count). The van der Waals surface area contributed by atoms with E-state index in [1.54, 1.807) is 25.1 Å². The number of hydrogen-bond acceptors (Lipinski definition) is 4. The Bertz CT molecular complexity index is 929. The Balaban J connectivity index is 1.73. The van der Waals surface area contributed by atoms with Gasteiger partial charge in [0.1, 0.15) is 23.2 Å². The van der Waals surface area contributed by atoms with E-state index in [1.165, 1.54) is 17.7 Å². The molecule has 0 saturated carbocycles. The average Bonchev–Trinajstić information content (AvgIpc) is 2.71. The fourth-order valence-corrected chi connectivity index (χ4v) is 2.86. The molecular formula is C22H23FN4O. The highest BCUT2D eigenvalue weighted by Crippen LogP contribution is 2.16. The largest absolute Gasteiger partial charge is 0.352 e. The summed E-state index contributed by atoms with van der Waals surface area (Å²) < 4.78 is 13.0. The van der Waals surface area contributed by atoms with E-state index in [1.807, 2.05) is 18.2 Å². The number of halogens is 1. The molecule has 0 radical (unpaired) electrons. The molecule has 6 heteroatoms. The highest BCUT2D eigenvalue weighted by molar-refractivity contribution is 5.92. The number of nitrogens with one attached hydrogen (secondary N) is 1. The number of amides is 1. The molecular weight excluding hydrogens is 355 g/mol. The lowest BCUT2D eigenvalue weighted by Crippen LogP contribution is -2.27. The van der Waals surface area contributed by atoms with Gasteiger partial charge in [-0.1, -0.05) is 42.5 Å². The standard InChI is InChI=1S/C22H23FN4O/c1-3-27(15-18-7-5-4-6-8-18)21-13-20(25-16(2)26-21)22(28)24-14-17-9-11-19(23)12-10-17/h4-13H,3,14-15H2,1-2H3,(H,24,28). The first kappa shape index (κ1) is 19.5. The zero-order chi connectivity index (χ0) is 19.9. The Hall–Kier alpha value is -3.28. The van der Waals surface area contributed by atoms with Gasteiger partial charge in [0.05, 0.1) is 0 Å². The SMILES string of the molecule is CCN(Cc1ccccc1)c1cc(C(=O)NCc2ccc(F)cc2)nc(C)n1. The van der Waals surface area contributed by atoms with Crippen molar-refractivity contribution in [1.29, 1.82) is 0 Å². The summed E-state index contributed by atoms with van der Waals surface area (Å²) >= 11 is 0. The molecule has 0 unspecified atom stereocenters. The van der Waals surface area contributed by atoms with Crippen LogP contribution in [-0.4, -0.2) is 22.4 Å². The molecule has 1 N–H and O–H groups in total. The minimum atomic E-state index is -0.302. The number of rotatable bonds is 7. The smallest absolute Gasteiger partial charge is 0.270 e. The normalized spacial score (nSPS) is 10.5. The maximum atomic E-state index is 13.0. The Labute approximate surface area is 164 Å². The summed E-state index contributed by atoms with van der Waals surface area (Å²) in [5, 5.41) is 2.83. The van der Waals surface area contributed by atoms with Crippen LogP contribution < -0.4 is 10.2 Å². The summed E-state index contributed by atoms with van der Waals surface area (Å²) in [5.74, 6) is 0.665. The van der Waals surface area contributed by atoms with Gasteiger partial charge in [-0.25, -0.2) is 14.4 Å². The van der Waals surface area contributed by atoms with Crippen molar-refractivity contribution < 1.29 is 9.18 Å². The fraction of sp³-hybridized carbons (Fsp3) is 0.227. The van der Waals surface area contributed by atoms with Crippen molar-refractivity contribution in [3.05, 3.63) is 89.1 Å². The van der Waals surface area contributed by atoms with Crippen LogP contribution in [0.25, 0.3) is 0 Å². The van der Waals surface area contributed by atoms with Gasteiger partial charge < -0.3 is 10.2 Å². The monoisotopic (exact) mass is 378 g/mol. The van der Waals surface area contributed by atoms with E-state index >= 15 is 0 Å². The van der Waals surface area contributed by atoms with Gasteiger partial charge in [-0.15, -0.1) is 0 Å². The lowest BCUT2D eigenvalue weighted by atomic mass is 10.2. The van der Waals surface area contributed by atoms with Crippen LogP contribution in [0.15, 0.2) is 60.7 Å². The summed E-state index contributed by atoms with van der Waals surface area (Å²) in [6.07, 6.45) is 0. The van der Waals surface area contributed by atoms with Crippen LogP contribution in [-0.2, 0) is 13.1 Å². The molecule has 0 saturated heterocycles. The number of anilines is 1. The molecule has 3 aromatic rings. The number of aryl methyl sites for hydroxylation is 1. The summed E-state index contributed by atoms with van der Waals surface area (Å²) in [5.41, 5.74) is 2.30. The molecule has 1 aromatic heterocycles. The Morgan fingerprint density at radius 1 is 1.04 bits per heavy atom. The molecule has 2 aromatic carbocycles. The van der Waals surface area contributed by atoms with Crippen LogP contribution in [0.4, 0.5) is 10.2 Å². The number of carbonyl (C=O) groups is 1. The second kappa shape index (κ2) is 9.08. The first-order chi connectivity index (χ1) is 13.5. The molecule has 0 atom stereocenters. The Morgan fingerprint density at radius 2 is 1.75 bits per heavy atom. The van der Waals surface area contributed by atoms with Crippen molar-refractivity contribution in [2.24, 2.45) is 0 Å². The average molecular weight is 378 g/mol. The van der Waals surface area contributed by atoms with Crippen molar-refractivity contribution in [3.63, 3.8) is 0 Å². The zero-order valence-corrected chi connectivity index (χ0v) is 16.0. The van der Waals surface area contributed by atoms with Crippen molar-refractivity contribution in [3.8, 4) is 0 Å². The Morgan fingerprint density at radius 3 is 2.43 bits per heavy atom. The molecule has 1 amide bonds. The maximum absolute atomic E-state index is 13.0. The number of carbonyl (C=O) groups excluding carboxylic acids is 1. The van der Waals surface area contributed by atoms with E-state index in [0.29, 0.717) is 30.4 Å². The van der Waals surface area contributed by atoms with Crippen molar-refractivity contribution >= 4 is 11.7 Å². The van der Waals surface area contributed by atoms with E-state index in [0.717, 1.165) is 12.1 Å². The van der Waals surface area contributed by atoms with Gasteiger partial charge >= 0.3 is 0 Å². The summed E-state index contributed by atoms with van der Waals surface area (Å²) in [6, 6.07) is 17.9. The topological polar surface area (TPSA) is 58.1 Å². The van der Waals surface area contributed by atoms with E-state index < -0.39 is 0 Å². The quantitative estimate of drug-likeness (QED) is 0.678. The number of benzene rings is 2. The van der Waals surface area contributed by atoms with Gasteiger partial charge in [0.15, 0.2) is 0 Å². The van der Waals surface area contributed by atoms with Gasteiger partial charge in [-0.3, -0.25) is 4.79 Å². The van der Waals surface area contributed by atoms with E-state index in [-0.39, 0.29) is 11.7 Å². The van der Waals surface area contributed by atoms with Gasteiger partial charge in [-0.05, 0) is 37.1 Å². The molecule has 0 spiro atoms. The predicted molar refractivity (Wildman–Crippen MR) is 108 cm³/mol. The minimum Gasteiger partial charge on any atom is -0.352 e. The molecule has 28 heavy (non-hydrogen) atoms. The van der Waals surface area contributed by atoms with Crippen molar-refractivity contribution in [2.45, 2.75) is 26.9 Å². The van der Waals surface area contributed by atoms with E-state index in [4.69, 9.17) is 0 Å². The van der Waals surface area contributed by atoms with Crippen LogP contribution in [0, 0.1) is 12.7 Å². The van der Waals surface area contributed by atoms with Crippen LogP contribution in [0.1, 0.15) is 34.4 Å². The van der Waals surface area contributed by atoms with Crippen LogP contribution in [0.3, 0.4) is 0 Å². The molecule has 0 aliphatic heterocycles. The molecule has 1 heterocycles. The lowest BCUT2D eigenvalue weighted by molar-refractivity contribution is 0.0945. The van der Waals surface area contributed by atoms with Gasteiger partial charge in [0.25, 0.3) is 5.91 Å². The molecule has 144 valence electrons. The molecule has 0 bridgehead atoms. The lowest BCUT2D eigenvalue weighted by Gasteiger charge is -2.22.